The summed E-state index contributed by atoms with van der Waals surface area (Å²) in [5.41, 5.74) is 0.0565. The van der Waals surface area contributed by atoms with Crippen LogP contribution in [0.25, 0.3) is 0 Å². The quantitative estimate of drug-likeness (QED) is 0.851. The van der Waals surface area contributed by atoms with Gasteiger partial charge in [0, 0.05) is 27.3 Å². The minimum Gasteiger partial charge on any atom is -0.377 e. The van der Waals surface area contributed by atoms with Gasteiger partial charge in [0.1, 0.15) is 18.0 Å². The maximum atomic E-state index is 13.9. The number of ether oxygens (including phenoxy) is 2. The SMILES string of the molecule is COC1CN(C(=O)c2cccc(Br)c2F)CC1OC. The Bertz CT molecular complexity index is 471. The zero-order chi connectivity index (χ0) is 14.0. The number of nitrogens with zero attached hydrogens (tertiary/aromatic N) is 1. The van der Waals surface area contributed by atoms with E-state index in [9.17, 15) is 9.18 Å². The second-order valence-electron chi connectivity index (χ2n) is 4.36. The number of rotatable bonds is 3. The van der Waals surface area contributed by atoms with Crippen LogP contribution in [0.1, 0.15) is 10.4 Å². The number of amides is 1. The zero-order valence-corrected chi connectivity index (χ0v) is 12.3. The topological polar surface area (TPSA) is 38.8 Å². The van der Waals surface area contributed by atoms with Crippen LogP contribution in [0, 0.1) is 5.82 Å². The normalized spacial score (nSPS) is 22.8. The summed E-state index contributed by atoms with van der Waals surface area (Å²) in [6, 6.07) is 4.68. The Kier molecular flexibility index (Phi) is 4.54. The molecule has 1 fully saturated rings. The minimum absolute atomic E-state index is 0.0565. The van der Waals surface area contributed by atoms with Crippen LogP contribution in [0.3, 0.4) is 0 Å². The fraction of sp³-hybridized carbons (Fsp3) is 0.462. The van der Waals surface area contributed by atoms with Crippen molar-refractivity contribution >= 4 is 21.8 Å². The number of likely N-dealkylation sites (tertiary alicyclic amines) is 1. The summed E-state index contributed by atoms with van der Waals surface area (Å²) in [6.45, 7) is 0.805. The molecular formula is C13H15BrFNO3. The van der Waals surface area contributed by atoms with Gasteiger partial charge in [-0.05, 0) is 28.1 Å². The summed E-state index contributed by atoms with van der Waals surface area (Å²) < 4.78 is 24.7. The van der Waals surface area contributed by atoms with Crippen LogP contribution in [0.4, 0.5) is 4.39 Å². The highest BCUT2D eigenvalue weighted by atomic mass is 79.9. The van der Waals surface area contributed by atoms with E-state index in [-0.39, 0.29) is 28.2 Å². The van der Waals surface area contributed by atoms with Crippen LogP contribution in [-0.4, -0.2) is 50.3 Å². The Morgan fingerprint density at radius 3 is 2.42 bits per heavy atom. The molecule has 1 aromatic carbocycles. The Hall–Kier alpha value is -0.980. The van der Waals surface area contributed by atoms with Gasteiger partial charge in [0.25, 0.3) is 5.91 Å². The molecule has 104 valence electrons. The monoisotopic (exact) mass is 331 g/mol. The van der Waals surface area contributed by atoms with Crippen LogP contribution >= 0.6 is 15.9 Å². The molecule has 0 radical (unpaired) electrons. The van der Waals surface area contributed by atoms with Gasteiger partial charge in [0.05, 0.1) is 10.0 Å². The first-order valence-corrected chi connectivity index (χ1v) is 6.66. The van der Waals surface area contributed by atoms with E-state index in [4.69, 9.17) is 9.47 Å². The third-order valence-corrected chi connectivity index (χ3v) is 3.90. The van der Waals surface area contributed by atoms with Gasteiger partial charge in [0.2, 0.25) is 0 Å². The second-order valence-corrected chi connectivity index (χ2v) is 5.21. The van der Waals surface area contributed by atoms with Crippen LogP contribution in [0.2, 0.25) is 0 Å². The molecular weight excluding hydrogens is 317 g/mol. The fourth-order valence-electron chi connectivity index (χ4n) is 2.20. The van der Waals surface area contributed by atoms with Crippen LogP contribution in [-0.2, 0) is 9.47 Å². The molecule has 0 bridgehead atoms. The van der Waals surface area contributed by atoms with Crippen molar-refractivity contribution in [3.8, 4) is 0 Å². The first kappa shape index (κ1) is 14.4. The van der Waals surface area contributed by atoms with Crippen molar-refractivity contribution in [1.29, 1.82) is 0 Å². The van der Waals surface area contributed by atoms with Gasteiger partial charge in [-0.2, -0.15) is 0 Å². The van der Waals surface area contributed by atoms with E-state index in [2.05, 4.69) is 15.9 Å². The van der Waals surface area contributed by atoms with Crippen molar-refractivity contribution in [2.24, 2.45) is 0 Å². The van der Waals surface area contributed by atoms with E-state index in [1.165, 1.54) is 6.07 Å². The van der Waals surface area contributed by atoms with E-state index < -0.39 is 5.82 Å². The molecule has 1 amide bonds. The molecule has 19 heavy (non-hydrogen) atoms. The molecule has 1 heterocycles. The standard InChI is InChI=1S/C13H15BrFNO3/c1-18-10-6-16(7-11(10)19-2)13(17)8-4-3-5-9(14)12(8)15/h3-5,10-11H,6-7H2,1-2H3. The molecule has 4 nitrogen and oxygen atoms in total. The Morgan fingerprint density at radius 2 is 1.89 bits per heavy atom. The van der Waals surface area contributed by atoms with E-state index in [1.54, 1.807) is 31.3 Å². The van der Waals surface area contributed by atoms with Gasteiger partial charge in [-0.1, -0.05) is 6.07 Å². The first-order chi connectivity index (χ1) is 9.08. The summed E-state index contributed by atoms with van der Waals surface area (Å²) in [7, 11) is 3.15. The van der Waals surface area contributed by atoms with Gasteiger partial charge >= 0.3 is 0 Å². The molecule has 6 heteroatoms. The number of methoxy groups -OCH3 is 2. The van der Waals surface area contributed by atoms with E-state index in [0.29, 0.717) is 13.1 Å². The van der Waals surface area contributed by atoms with Crippen molar-refractivity contribution in [2.45, 2.75) is 12.2 Å². The molecule has 0 aromatic heterocycles. The molecule has 2 unspecified atom stereocenters. The van der Waals surface area contributed by atoms with Gasteiger partial charge in [-0.25, -0.2) is 4.39 Å². The van der Waals surface area contributed by atoms with Gasteiger partial charge in [-0.15, -0.1) is 0 Å². The highest BCUT2D eigenvalue weighted by Crippen LogP contribution is 2.23. The van der Waals surface area contributed by atoms with Crippen molar-refractivity contribution in [3.63, 3.8) is 0 Å². The molecule has 2 rings (SSSR count). The van der Waals surface area contributed by atoms with Crippen LogP contribution in [0.15, 0.2) is 22.7 Å². The predicted molar refractivity (Wildman–Crippen MR) is 71.6 cm³/mol. The number of hydrogen-bond acceptors (Lipinski definition) is 3. The average molecular weight is 332 g/mol. The number of carbonyl (C=O) groups excluding carboxylic acids is 1. The second kappa shape index (κ2) is 5.98. The average Bonchev–Trinajstić information content (AvgIpc) is 2.84. The molecule has 1 aromatic rings. The highest BCUT2D eigenvalue weighted by molar-refractivity contribution is 9.10. The predicted octanol–water partition coefficient (Wildman–Crippen LogP) is 2.07. The lowest BCUT2D eigenvalue weighted by Gasteiger charge is -2.16. The van der Waals surface area contributed by atoms with Gasteiger partial charge in [0.15, 0.2) is 0 Å². The van der Waals surface area contributed by atoms with E-state index >= 15 is 0 Å². The summed E-state index contributed by atoms with van der Waals surface area (Å²) >= 11 is 3.08. The number of benzene rings is 1. The molecule has 0 aliphatic carbocycles. The lowest BCUT2D eigenvalue weighted by molar-refractivity contribution is -0.00461. The third-order valence-electron chi connectivity index (χ3n) is 3.29. The molecule has 1 aliphatic rings. The number of halogens is 2. The molecule has 1 aliphatic heterocycles. The minimum atomic E-state index is -0.540. The van der Waals surface area contributed by atoms with Gasteiger partial charge in [-0.3, -0.25) is 4.79 Å². The smallest absolute Gasteiger partial charge is 0.257 e. The highest BCUT2D eigenvalue weighted by Gasteiger charge is 2.36. The maximum absolute atomic E-state index is 13.9. The molecule has 0 N–H and O–H groups in total. The molecule has 0 spiro atoms. The first-order valence-electron chi connectivity index (χ1n) is 5.87. The summed E-state index contributed by atoms with van der Waals surface area (Å²) in [5.74, 6) is -0.886. The van der Waals surface area contributed by atoms with Crippen molar-refractivity contribution in [1.82, 2.24) is 4.90 Å². The van der Waals surface area contributed by atoms with E-state index in [0.717, 1.165) is 0 Å². The van der Waals surface area contributed by atoms with Crippen molar-refractivity contribution < 1.29 is 18.7 Å². The molecule has 0 saturated carbocycles. The van der Waals surface area contributed by atoms with E-state index in [1.807, 2.05) is 0 Å². The largest absolute Gasteiger partial charge is 0.377 e. The number of carbonyl (C=O) groups is 1. The molecule has 2 atom stereocenters. The maximum Gasteiger partial charge on any atom is 0.257 e. The van der Waals surface area contributed by atoms with Gasteiger partial charge < -0.3 is 14.4 Å². The molecule has 1 saturated heterocycles. The fourth-order valence-corrected chi connectivity index (χ4v) is 2.57. The lowest BCUT2D eigenvalue weighted by atomic mass is 10.2. The van der Waals surface area contributed by atoms with Crippen LogP contribution < -0.4 is 0 Å². The summed E-state index contributed by atoms with van der Waals surface area (Å²) in [6.07, 6.45) is -0.353. The Labute approximate surface area is 119 Å². The van der Waals surface area contributed by atoms with Crippen molar-refractivity contribution in [2.75, 3.05) is 27.3 Å². The zero-order valence-electron chi connectivity index (χ0n) is 10.7. The number of hydrogen-bond donors (Lipinski definition) is 0. The lowest BCUT2D eigenvalue weighted by Crippen LogP contribution is -2.30. The third kappa shape index (κ3) is 2.80. The summed E-state index contributed by atoms with van der Waals surface area (Å²) in [5, 5.41) is 0. The van der Waals surface area contributed by atoms with Crippen LogP contribution in [0.5, 0.6) is 0 Å². The Balaban J connectivity index is 2.19. The summed E-state index contributed by atoms with van der Waals surface area (Å²) in [4.78, 5) is 13.8. The van der Waals surface area contributed by atoms with Crippen molar-refractivity contribution in [3.05, 3.63) is 34.1 Å². The Morgan fingerprint density at radius 1 is 1.32 bits per heavy atom.